The van der Waals surface area contributed by atoms with Crippen LogP contribution >= 0.6 is 0 Å². The monoisotopic (exact) mass is 700 g/mol. The molecule has 1 amide bonds. The fourth-order valence-electron chi connectivity index (χ4n) is 6.44. The third-order valence-corrected chi connectivity index (χ3v) is 9.02. The number of nitrogens with zero attached hydrogens (tertiary/aromatic N) is 7. The van der Waals surface area contributed by atoms with Crippen molar-refractivity contribution in [1.29, 1.82) is 0 Å². The van der Waals surface area contributed by atoms with E-state index in [1.807, 2.05) is 78.9 Å². The maximum atomic E-state index is 16.4. The predicted octanol–water partition coefficient (Wildman–Crippen LogP) is 7.02. The van der Waals surface area contributed by atoms with E-state index in [1.165, 1.54) is 17.2 Å². The molecule has 0 saturated carbocycles. The molecule has 0 aliphatic carbocycles. The summed E-state index contributed by atoms with van der Waals surface area (Å²) in [4.78, 5) is 28.8. The van der Waals surface area contributed by atoms with Gasteiger partial charge in [0.1, 0.15) is 29.5 Å². The summed E-state index contributed by atoms with van der Waals surface area (Å²) in [6.07, 6.45) is -1.55. The van der Waals surface area contributed by atoms with Gasteiger partial charge in [0.25, 0.3) is 5.91 Å². The predicted molar refractivity (Wildman–Crippen MR) is 190 cm³/mol. The Balaban J connectivity index is 1.24. The highest BCUT2D eigenvalue weighted by molar-refractivity contribution is 6.06. The lowest BCUT2D eigenvalue weighted by molar-refractivity contribution is -0.0819. The average Bonchev–Trinajstić information content (AvgIpc) is 3.77. The van der Waals surface area contributed by atoms with Crippen molar-refractivity contribution in [2.24, 2.45) is 5.11 Å². The quantitative estimate of drug-likeness (QED) is 0.0617. The Labute approximate surface area is 297 Å². The number of amides is 1. The lowest BCUT2D eigenvalue weighted by Crippen LogP contribution is -2.38. The number of carbonyl (C=O) groups excluding carboxylic acids is 1. The Morgan fingerprint density at radius 1 is 0.885 bits per heavy atom. The fraction of sp³-hybridized carbons (Fsp3) is 0.211. The number of nitrogens with one attached hydrogen (secondary N) is 1. The van der Waals surface area contributed by atoms with Crippen molar-refractivity contribution in [2.45, 2.75) is 30.1 Å². The van der Waals surface area contributed by atoms with Gasteiger partial charge in [-0.3, -0.25) is 9.36 Å². The van der Waals surface area contributed by atoms with Gasteiger partial charge in [0.15, 0.2) is 29.4 Å². The van der Waals surface area contributed by atoms with Crippen LogP contribution in [0.5, 0.6) is 11.5 Å². The highest BCUT2D eigenvalue weighted by Crippen LogP contribution is 2.43. The van der Waals surface area contributed by atoms with E-state index in [1.54, 1.807) is 44.6 Å². The number of rotatable bonds is 12. The molecule has 0 spiro atoms. The molecule has 1 N–H and O–H groups in total. The van der Waals surface area contributed by atoms with Crippen molar-refractivity contribution in [2.75, 3.05) is 26.1 Å². The van der Waals surface area contributed by atoms with E-state index >= 15 is 4.39 Å². The molecular weight excluding hydrogens is 667 g/mol. The van der Waals surface area contributed by atoms with Gasteiger partial charge in [0.05, 0.1) is 33.3 Å². The number of methoxy groups -OCH3 is 2. The van der Waals surface area contributed by atoms with Gasteiger partial charge in [-0.1, -0.05) is 77.9 Å². The average molecular weight is 701 g/mol. The van der Waals surface area contributed by atoms with Crippen LogP contribution in [0.2, 0.25) is 0 Å². The molecule has 1 saturated heterocycles. The van der Waals surface area contributed by atoms with E-state index in [9.17, 15) is 10.3 Å². The molecule has 4 atom stereocenters. The van der Waals surface area contributed by atoms with Gasteiger partial charge in [-0.25, -0.2) is 19.3 Å². The first-order chi connectivity index (χ1) is 25.5. The molecule has 0 radical (unpaired) electrons. The zero-order valence-electron chi connectivity index (χ0n) is 28.1. The van der Waals surface area contributed by atoms with Crippen LogP contribution in [0.25, 0.3) is 21.6 Å². The van der Waals surface area contributed by atoms with E-state index < -0.39 is 36.1 Å². The largest absolute Gasteiger partial charge is 0.497 e. The number of hydrogen-bond donors (Lipinski definition) is 1. The number of benzene rings is 4. The minimum absolute atomic E-state index is 0.143. The fourth-order valence-corrected chi connectivity index (χ4v) is 6.44. The van der Waals surface area contributed by atoms with Crippen molar-refractivity contribution in [3.05, 3.63) is 155 Å². The maximum Gasteiger partial charge on any atom is 0.256 e. The Morgan fingerprint density at radius 2 is 1.48 bits per heavy atom. The normalized spacial score (nSPS) is 18.4. The number of imidazole rings is 1. The van der Waals surface area contributed by atoms with Gasteiger partial charge < -0.3 is 24.3 Å². The number of halogens is 1. The van der Waals surface area contributed by atoms with Gasteiger partial charge in [0.2, 0.25) is 0 Å². The van der Waals surface area contributed by atoms with Crippen LogP contribution in [0, 0.1) is 0 Å². The second-order valence-corrected chi connectivity index (χ2v) is 11.9. The van der Waals surface area contributed by atoms with Crippen LogP contribution in [0.4, 0.5) is 10.2 Å². The summed E-state index contributed by atoms with van der Waals surface area (Å²) >= 11 is 0. The molecule has 6 aromatic rings. The SMILES string of the molecule is COc1ccc(C(OC[C@H]2O[C@@H](n3cnc4c(NC(=O)c5ccccc5)ncnc43)[C@H](F)[C@@H]2N=[N+]=[N-])(c2ccccc2)c2ccc(OC)cc2)cc1. The van der Waals surface area contributed by atoms with Gasteiger partial charge in [-0.2, -0.15) is 0 Å². The standard InChI is InChI=1S/C38H33FN8O5/c1-49-28-17-13-26(14-18-28)38(25-11-7-4-8-12-25,27-15-19-29(50-2)20-16-27)51-21-30-32(45-46-40)31(39)37(52-30)47-23-43-33-34(41-22-42-35(33)47)44-36(48)24-9-5-3-6-10-24/h3-20,22-23,30-32,37H,21H2,1-2H3,(H,41,42,44,48)/t30-,31-,32-,37-/m1/s1. The number of aromatic nitrogens is 4. The lowest BCUT2D eigenvalue weighted by Gasteiger charge is -2.37. The first-order valence-corrected chi connectivity index (χ1v) is 16.3. The highest BCUT2D eigenvalue weighted by atomic mass is 19.1. The maximum absolute atomic E-state index is 16.4. The molecule has 2 aromatic heterocycles. The number of alkyl halides is 1. The number of anilines is 1. The van der Waals surface area contributed by atoms with Crippen LogP contribution in [0.3, 0.4) is 0 Å². The molecule has 1 fully saturated rings. The topological polar surface area (TPSA) is 158 Å². The van der Waals surface area contributed by atoms with E-state index in [-0.39, 0.29) is 23.6 Å². The summed E-state index contributed by atoms with van der Waals surface area (Å²) in [6, 6.07) is 31.9. The van der Waals surface area contributed by atoms with Crippen LogP contribution in [0.1, 0.15) is 33.3 Å². The number of azide groups is 1. The second-order valence-electron chi connectivity index (χ2n) is 11.9. The van der Waals surface area contributed by atoms with Crippen LogP contribution < -0.4 is 14.8 Å². The molecule has 1 aliphatic rings. The third-order valence-electron chi connectivity index (χ3n) is 9.02. The van der Waals surface area contributed by atoms with Crippen LogP contribution in [0.15, 0.2) is 127 Å². The van der Waals surface area contributed by atoms with Crippen molar-refractivity contribution < 1.29 is 28.1 Å². The molecule has 3 heterocycles. The van der Waals surface area contributed by atoms with Gasteiger partial charge in [-0.05, 0) is 58.6 Å². The Kier molecular flexibility index (Phi) is 9.76. The summed E-state index contributed by atoms with van der Waals surface area (Å²) in [6.45, 7) is -0.187. The molecule has 4 aromatic carbocycles. The van der Waals surface area contributed by atoms with Crippen molar-refractivity contribution in [3.63, 3.8) is 0 Å². The smallest absolute Gasteiger partial charge is 0.256 e. The Hall–Kier alpha value is -6.34. The third kappa shape index (κ3) is 6.37. The molecule has 13 nitrogen and oxygen atoms in total. The van der Waals surface area contributed by atoms with Gasteiger partial charge in [0, 0.05) is 10.5 Å². The van der Waals surface area contributed by atoms with E-state index in [0.717, 1.165) is 16.7 Å². The first-order valence-electron chi connectivity index (χ1n) is 16.3. The van der Waals surface area contributed by atoms with Gasteiger partial charge >= 0.3 is 0 Å². The minimum atomic E-state index is -1.81. The minimum Gasteiger partial charge on any atom is -0.497 e. The summed E-state index contributed by atoms with van der Waals surface area (Å²) in [5.74, 6) is 1.06. The molecule has 0 bridgehead atoms. The van der Waals surface area contributed by atoms with Crippen LogP contribution in [-0.4, -0.2) is 64.6 Å². The zero-order chi connectivity index (χ0) is 36.1. The van der Waals surface area contributed by atoms with E-state index in [4.69, 9.17) is 18.9 Å². The summed E-state index contributed by atoms with van der Waals surface area (Å²) in [5, 5.41) is 6.57. The second kappa shape index (κ2) is 14.9. The molecule has 52 heavy (non-hydrogen) atoms. The first kappa shape index (κ1) is 34.1. The van der Waals surface area contributed by atoms with Gasteiger partial charge in [-0.15, -0.1) is 0 Å². The van der Waals surface area contributed by atoms with Crippen molar-refractivity contribution in [1.82, 2.24) is 19.5 Å². The highest BCUT2D eigenvalue weighted by Gasteiger charge is 2.48. The van der Waals surface area contributed by atoms with E-state index in [2.05, 4.69) is 30.3 Å². The Morgan fingerprint density at radius 3 is 2.08 bits per heavy atom. The van der Waals surface area contributed by atoms with E-state index in [0.29, 0.717) is 17.1 Å². The van der Waals surface area contributed by atoms with Crippen molar-refractivity contribution >= 4 is 22.9 Å². The summed E-state index contributed by atoms with van der Waals surface area (Å²) < 4.78 is 42.0. The number of hydrogen-bond acceptors (Lipinski definition) is 9. The lowest BCUT2D eigenvalue weighted by atomic mass is 9.80. The molecule has 1 aliphatic heterocycles. The van der Waals surface area contributed by atoms with Crippen molar-refractivity contribution in [3.8, 4) is 11.5 Å². The number of ether oxygens (including phenoxy) is 4. The zero-order valence-corrected chi connectivity index (χ0v) is 28.1. The van der Waals surface area contributed by atoms with Crippen LogP contribution in [-0.2, 0) is 15.1 Å². The molecule has 14 heteroatoms. The molecular formula is C38H33FN8O5. The summed E-state index contributed by atoms with van der Waals surface area (Å²) in [5.41, 5.74) is 11.5. The molecule has 0 unspecified atom stereocenters. The molecule has 262 valence electrons. The number of carbonyl (C=O) groups is 1. The number of fused-ring (bicyclic) bond motifs is 1. The Bertz CT molecular complexity index is 2150. The summed E-state index contributed by atoms with van der Waals surface area (Å²) in [7, 11) is 3.18. The molecule has 7 rings (SSSR count).